The first-order valence-electron chi connectivity index (χ1n) is 19.5. The quantitative estimate of drug-likeness (QED) is 0.218. The number of fused-ring (bicyclic) bond motifs is 2. The molecule has 5 aromatic rings. The maximum Gasteiger partial charge on any atom is 0.329 e. The van der Waals surface area contributed by atoms with E-state index in [1.54, 1.807) is 36.1 Å². The van der Waals surface area contributed by atoms with E-state index >= 15 is 0 Å². The minimum atomic E-state index is -3.82. The number of carbonyl (C=O) groups excluding carboxylic acids is 2. The van der Waals surface area contributed by atoms with Crippen LogP contribution in [0.2, 0.25) is 0 Å². The fraction of sp³-hybridized carbons (Fsp3) is 0.390. The van der Waals surface area contributed by atoms with Crippen molar-refractivity contribution in [2.75, 3.05) is 49.5 Å². The van der Waals surface area contributed by atoms with Crippen molar-refractivity contribution in [2.24, 2.45) is 14.1 Å². The first kappa shape index (κ1) is 38.9. The van der Waals surface area contributed by atoms with E-state index in [1.165, 1.54) is 31.5 Å². The number of urea groups is 1. The first-order valence-corrected chi connectivity index (χ1v) is 20.9. The van der Waals surface area contributed by atoms with Crippen molar-refractivity contribution in [3.05, 3.63) is 87.3 Å². The van der Waals surface area contributed by atoms with Crippen LogP contribution in [-0.2, 0) is 28.9 Å². The van der Waals surface area contributed by atoms with Crippen LogP contribution in [0, 0.1) is 11.3 Å². The second-order valence-electron chi connectivity index (χ2n) is 15.4. The number of anilines is 2. The van der Waals surface area contributed by atoms with Crippen molar-refractivity contribution in [3.8, 4) is 6.07 Å². The van der Waals surface area contributed by atoms with E-state index in [9.17, 15) is 28.1 Å². The SMILES string of the molecule is C/C(=C\c1cc(S(=O)(=O)N2CCC(Nc3ncc4ccc(=O)n(C)c4n3)CC2)ccc1C#N)CN1CCC(c2ccc3c(N4CCC(=O)NC4=O)nn(C)c3c2)CC1. The average molecular weight is 804 g/mol. The smallest absolute Gasteiger partial charge is 0.329 e. The number of rotatable bonds is 9. The summed E-state index contributed by atoms with van der Waals surface area (Å²) in [7, 11) is -0.291. The number of piperidine rings is 2. The molecule has 3 aliphatic heterocycles. The van der Waals surface area contributed by atoms with Gasteiger partial charge in [-0.05, 0) is 99.1 Å². The largest absolute Gasteiger partial charge is 0.351 e. The van der Waals surface area contributed by atoms with Crippen LogP contribution in [-0.4, -0.2) is 99.2 Å². The zero-order valence-corrected chi connectivity index (χ0v) is 33.5. The molecule has 3 aromatic heterocycles. The molecule has 300 valence electrons. The maximum atomic E-state index is 13.9. The van der Waals surface area contributed by atoms with Gasteiger partial charge in [-0.1, -0.05) is 17.7 Å². The van der Waals surface area contributed by atoms with Crippen LogP contribution in [0.1, 0.15) is 61.6 Å². The molecular formula is C41H45N11O5S. The molecule has 17 heteroatoms. The number of aryl methyl sites for hydroxylation is 2. The molecule has 2 aromatic carbocycles. The Balaban J connectivity index is 0.883. The summed E-state index contributed by atoms with van der Waals surface area (Å²) in [5, 5.41) is 21.8. The van der Waals surface area contributed by atoms with Gasteiger partial charge in [0.1, 0.15) is 5.65 Å². The van der Waals surface area contributed by atoms with Crippen molar-refractivity contribution >= 4 is 61.7 Å². The number of nitrogens with zero attached hydrogens (tertiary/aromatic N) is 9. The highest BCUT2D eigenvalue weighted by atomic mass is 32.2. The highest BCUT2D eigenvalue weighted by Crippen LogP contribution is 2.34. The number of hydrogen-bond acceptors (Lipinski definition) is 11. The van der Waals surface area contributed by atoms with Crippen LogP contribution < -0.4 is 21.1 Å². The Morgan fingerprint density at radius 3 is 2.50 bits per heavy atom. The molecule has 0 bridgehead atoms. The molecule has 3 aliphatic rings. The maximum absolute atomic E-state index is 13.9. The minimum absolute atomic E-state index is 0.0417. The fourth-order valence-electron chi connectivity index (χ4n) is 8.27. The van der Waals surface area contributed by atoms with E-state index in [0.29, 0.717) is 73.5 Å². The molecule has 3 amide bonds. The van der Waals surface area contributed by atoms with Gasteiger partial charge in [-0.2, -0.15) is 19.6 Å². The lowest BCUT2D eigenvalue weighted by Gasteiger charge is -2.32. The number of nitriles is 1. The van der Waals surface area contributed by atoms with Crippen LogP contribution in [0.5, 0.6) is 0 Å². The Morgan fingerprint density at radius 1 is 0.983 bits per heavy atom. The van der Waals surface area contributed by atoms with Crippen molar-refractivity contribution in [1.82, 2.24) is 38.8 Å². The second-order valence-corrected chi connectivity index (χ2v) is 17.3. The molecule has 3 saturated heterocycles. The van der Waals surface area contributed by atoms with E-state index in [-0.39, 0.29) is 28.8 Å². The van der Waals surface area contributed by atoms with Crippen LogP contribution in [0.15, 0.2) is 70.0 Å². The molecule has 58 heavy (non-hydrogen) atoms. The first-order chi connectivity index (χ1) is 27.9. The monoisotopic (exact) mass is 803 g/mol. The summed E-state index contributed by atoms with van der Waals surface area (Å²) in [6.07, 6.45) is 6.84. The molecule has 0 saturated carbocycles. The van der Waals surface area contributed by atoms with Gasteiger partial charge < -0.3 is 5.32 Å². The van der Waals surface area contributed by atoms with Crippen molar-refractivity contribution < 1.29 is 18.0 Å². The third kappa shape index (κ3) is 7.70. The third-order valence-electron chi connectivity index (χ3n) is 11.5. The molecule has 8 rings (SSSR count). The van der Waals surface area contributed by atoms with E-state index in [2.05, 4.69) is 48.8 Å². The molecule has 0 unspecified atom stereocenters. The van der Waals surface area contributed by atoms with Crippen LogP contribution >= 0.6 is 0 Å². The lowest BCUT2D eigenvalue weighted by Crippen LogP contribution is -2.49. The van der Waals surface area contributed by atoms with Gasteiger partial charge in [-0.15, -0.1) is 0 Å². The van der Waals surface area contributed by atoms with Gasteiger partial charge in [0.15, 0.2) is 5.82 Å². The Hall–Kier alpha value is -5.96. The van der Waals surface area contributed by atoms with Crippen LogP contribution in [0.25, 0.3) is 28.0 Å². The molecular weight excluding hydrogens is 759 g/mol. The minimum Gasteiger partial charge on any atom is -0.351 e. The number of pyridine rings is 1. The van der Waals surface area contributed by atoms with Gasteiger partial charge in [-0.25, -0.2) is 18.2 Å². The Morgan fingerprint density at radius 2 is 1.76 bits per heavy atom. The number of nitrogens with one attached hydrogen (secondary N) is 2. The average Bonchev–Trinajstić information content (AvgIpc) is 3.54. The number of aromatic nitrogens is 5. The predicted molar refractivity (Wildman–Crippen MR) is 220 cm³/mol. The molecule has 6 heterocycles. The van der Waals surface area contributed by atoms with Crippen molar-refractivity contribution in [1.29, 1.82) is 5.26 Å². The topological polar surface area (TPSA) is 191 Å². The summed E-state index contributed by atoms with van der Waals surface area (Å²) in [6.45, 7) is 5.37. The van der Waals surface area contributed by atoms with Crippen molar-refractivity contribution in [2.45, 2.75) is 55.9 Å². The summed E-state index contributed by atoms with van der Waals surface area (Å²) in [4.78, 5) is 49.2. The van der Waals surface area contributed by atoms with E-state index in [1.807, 2.05) is 26.1 Å². The standard InChI is InChI=1S/C41H45N11O5S/c1-26(25-50-15-10-27(11-16-50)28-5-8-34-35(22-28)49(3)47-39(34)52-19-14-36(53)45-41(52)55)20-31-21-33(7-4-29(31)23-42)58(56,57)51-17-12-32(13-18-51)44-40-43-24-30-6-9-37(54)48(2)38(30)46-40/h4-9,20-22,24,27,32H,10-19,25H2,1-3H3,(H,43,44,46)(H,45,53,55)/b26-20+. The third-order valence-corrected chi connectivity index (χ3v) is 13.4. The molecule has 0 aliphatic carbocycles. The van der Waals surface area contributed by atoms with Crippen molar-refractivity contribution in [3.63, 3.8) is 0 Å². The molecule has 3 fully saturated rings. The molecule has 0 spiro atoms. The Labute approximate surface area is 335 Å². The molecule has 2 N–H and O–H groups in total. The summed E-state index contributed by atoms with van der Waals surface area (Å²) in [5.41, 5.74) is 4.53. The number of sulfonamides is 1. The van der Waals surface area contributed by atoms with Gasteiger partial charge in [-0.3, -0.25) is 34.0 Å². The number of amides is 3. The van der Waals surface area contributed by atoms with Gasteiger partial charge in [0.2, 0.25) is 21.9 Å². The second kappa shape index (κ2) is 15.8. The Bertz CT molecular complexity index is 2680. The molecule has 0 radical (unpaired) electrons. The van der Waals surface area contributed by atoms with Gasteiger partial charge in [0.25, 0.3) is 5.56 Å². The number of carbonyl (C=O) groups is 2. The zero-order chi connectivity index (χ0) is 40.7. The van der Waals surface area contributed by atoms with Crippen LogP contribution in [0.3, 0.4) is 0 Å². The molecule has 16 nitrogen and oxygen atoms in total. The summed E-state index contributed by atoms with van der Waals surface area (Å²) in [6, 6.07) is 15.9. The van der Waals surface area contributed by atoms with Gasteiger partial charge >= 0.3 is 6.03 Å². The predicted octanol–water partition coefficient (Wildman–Crippen LogP) is 4.08. The van der Waals surface area contributed by atoms with E-state index < -0.39 is 16.1 Å². The summed E-state index contributed by atoms with van der Waals surface area (Å²) in [5.74, 6) is 1.02. The zero-order valence-electron chi connectivity index (χ0n) is 32.7. The normalized spacial score (nSPS) is 18.2. The fourth-order valence-corrected chi connectivity index (χ4v) is 9.78. The van der Waals surface area contributed by atoms with Gasteiger partial charge in [0, 0.05) is 75.8 Å². The lowest BCUT2D eigenvalue weighted by molar-refractivity contribution is -0.120. The number of imide groups is 1. The van der Waals surface area contributed by atoms with Crippen LogP contribution in [0.4, 0.5) is 16.6 Å². The van der Waals surface area contributed by atoms with E-state index in [4.69, 9.17) is 0 Å². The molecule has 0 atom stereocenters. The summed E-state index contributed by atoms with van der Waals surface area (Å²) >= 11 is 0. The van der Waals surface area contributed by atoms with E-state index in [0.717, 1.165) is 47.8 Å². The number of likely N-dealkylation sites (tertiary alicyclic amines) is 1. The highest BCUT2D eigenvalue weighted by Gasteiger charge is 2.31. The highest BCUT2D eigenvalue weighted by molar-refractivity contribution is 7.89. The summed E-state index contributed by atoms with van der Waals surface area (Å²) < 4.78 is 32.5. The van der Waals surface area contributed by atoms with Gasteiger partial charge in [0.05, 0.1) is 22.0 Å². The number of hydrogen-bond donors (Lipinski definition) is 2. The number of benzene rings is 2. The Kier molecular flexibility index (Phi) is 10.6. The lowest BCUT2D eigenvalue weighted by atomic mass is 9.88.